The molecule has 0 saturated heterocycles. The van der Waals surface area contributed by atoms with E-state index in [1.54, 1.807) is 5.57 Å². The lowest BCUT2D eigenvalue weighted by Gasteiger charge is -2.60. The second-order valence-electron chi connectivity index (χ2n) is 10.2. The monoisotopic (exact) mass is 332 g/mol. The van der Waals surface area contributed by atoms with Gasteiger partial charge in [0.25, 0.3) is 0 Å². The molecule has 2 heteroatoms. The zero-order valence-electron chi connectivity index (χ0n) is 16.0. The summed E-state index contributed by atoms with van der Waals surface area (Å²) in [6.07, 6.45) is 11.5. The average molecular weight is 333 g/mol. The van der Waals surface area contributed by atoms with Crippen LogP contribution in [0.3, 0.4) is 0 Å². The summed E-state index contributed by atoms with van der Waals surface area (Å²) in [6, 6.07) is 0. The van der Waals surface area contributed by atoms with Crippen LogP contribution in [0.4, 0.5) is 0 Å². The van der Waals surface area contributed by atoms with Gasteiger partial charge in [-0.25, -0.2) is 0 Å². The fourth-order valence-corrected chi connectivity index (χ4v) is 7.63. The highest BCUT2D eigenvalue weighted by Crippen LogP contribution is 2.70. The molecule has 0 spiro atoms. The summed E-state index contributed by atoms with van der Waals surface area (Å²) in [5.74, 6) is 2.34. The van der Waals surface area contributed by atoms with E-state index in [1.165, 1.54) is 32.1 Å². The molecular weight excluding hydrogens is 296 g/mol. The number of hydrogen-bond donors (Lipinski definition) is 2. The molecule has 0 radical (unpaired) electrons. The molecule has 0 aromatic carbocycles. The smallest absolute Gasteiger partial charge is 0.0577 e. The Morgan fingerprint density at radius 1 is 1.04 bits per heavy atom. The molecule has 0 heterocycles. The predicted molar refractivity (Wildman–Crippen MR) is 97.5 cm³/mol. The van der Waals surface area contributed by atoms with Crippen molar-refractivity contribution in [3.05, 3.63) is 11.6 Å². The Balaban J connectivity index is 1.68. The van der Waals surface area contributed by atoms with Crippen LogP contribution in [-0.4, -0.2) is 22.4 Å². The first kappa shape index (κ1) is 17.1. The third-order valence-corrected chi connectivity index (χ3v) is 9.67. The summed E-state index contributed by atoms with van der Waals surface area (Å²) in [4.78, 5) is 0. The molecule has 4 aliphatic carbocycles. The number of allylic oxidation sites excluding steroid dienone is 1. The lowest BCUT2D eigenvalue weighted by Crippen LogP contribution is -2.53. The van der Waals surface area contributed by atoms with Gasteiger partial charge in [-0.3, -0.25) is 0 Å². The highest BCUT2D eigenvalue weighted by molar-refractivity contribution is 5.26. The van der Waals surface area contributed by atoms with Crippen LogP contribution < -0.4 is 0 Å². The quantitative estimate of drug-likeness (QED) is 0.683. The van der Waals surface area contributed by atoms with Crippen molar-refractivity contribution in [1.82, 2.24) is 0 Å². The van der Waals surface area contributed by atoms with Gasteiger partial charge in [0.1, 0.15) is 0 Å². The molecule has 5 unspecified atom stereocenters. The number of hydrogen-bond acceptors (Lipinski definition) is 2. The largest absolute Gasteiger partial charge is 0.393 e. The van der Waals surface area contributed by atoms with Crippen LogP contribution in [0.15, 0.2) is 11.6 Å². The fourth-order valence-electron chi connectivity index (χ4n) is 7.63. The van der Waals surface area contributed by atoms with E-state index in [4.69, 9.17) is 0 Å². The van der Waals surface area contributed by atoms with Gasteiger partial charge in [-0.1, -0.05) is 32.4 Å². The minimum atomic E-state index is -0.209. The molecule has 24 heavy (non-hydrogen) atoms. The van der Waals surface area contributed by atoms with Crippen LogP contribution >= 0.6 is 0 Å². The van der Waals surface area contributed by atoms with Gasteiger partial charge in [-0.15, -0.1) is 0 Å². The molecule has 0 aliphatic heterocycles. The zero-order chi connectivity index (χ0) is 17.3. The molecule has 3 saturated carbocycles. The molecule has 0 aromatic heterocycles. The van der Waals surface area contributed by atoms with E-state index in [0.29, 0.717) is 5.41 Å². The van der Waals surface area contributed by atoms with E-state index < -0.39 is 0 Å². The minimum Gasteiger partial charge on any atom is -0.393 e. The number of fused-ring (bicyclic) bond motifs is 5. The Labute approximate surface area is 147 Å². The maximum Gasteiger partial charge on any atom is 0.0577 e. The topological polar surface area (TPSA) is 40.5 Å². The van der Waals surface area contributed by atoms with Gasteiger partial charge in [-0.2, -0.15) is 0 Å². The van der Waals surface area contributed by atoms with Crippen LogP contribution in [0.5, 0.6) is 0 Å². The van der Waals surface area contributed by atoms with Gasteiger partial charge in [0.15, 0.2) is 0 Å². The Kier molecular flexibility index (Phi) is 3.80. The Morgan fingerprint density at radius 3 is 2.46 bits per heavy atom. The second kappa shape index (κ2) is 5.33. The van der Waals surface area contributed by atoms with Gasteiger partial charge in [0, 0.05) is 0 Å². The van der Waals surface area contributed by atoms with Crippen molar-refractivity contribution in [2.24, 2.45) is 34.0 Å². The van der Waals surface area contributed by atoms with Crippen molar-refractivity contribution in [3.8, 4) is 0 Å². The van der Waals surface area contributed by atoms with Crippen LogP contribution in [-0.2, 0) is 0 Å². The van der Waals surface area contributed by atoms with Gasteiger partial charge >= 0.3 is 0 Å². The molecule has 3 fully saturated rings. The van der Waals surface area contributed by atoms with Crippen molar-refractivity contribution in [1.29, 1.82) is 0 Å². The predicted octanol–water partition coefficient (Wildman–Crippen LogP) is 4.70. The third kappa shape index (κ3) is 2.02. The SMILES string of the molecule is CC(O)[C@@]1(C)CCC2C3CC=C4CC(O)CC[C@]4(C)C3CC[C@@]21C. The van der Waals surface area contributed by atoms with Gasteiger partial charge in [0.05, 0.1) is 12.2 Å². The highest BCUT2D eigenvalue weighted by Gasteiger charge is 2.63. The van der Waals surface area contributed by atoms with Crippen LogP contribution in [0.25, 0.3) is 0 Å². The van der Waals surface area contributed by atoms with Crippen molar-refractivity contribution in [2.75, 3.05) is 0 Å². The maximum atomic E-state index is 10.5. The first-order chi connectivity index (χ1) is 11.2. The summed E-state index contributed by atoms with van der Waals surface area (Å²) < 4.78 is 0. The average Bonchev–Trinajstić information content (AvgIpc) is 2.81. The van der Waals surface area contributed by atoms with Crippen LogP contribution in [0, 0.1) is 34.0 Å². The van der Waals surface area contributed by atoms with Crippen molar-refractivity contribution in [2.45, 2.75) is 91.3 Å². The number of aliphatic hydroxyl groups is 2. The van der Waals surface area contributed by atoms with E-state index in [9.17, 15) is 10.2 Å². The van der Waals surface area contributed by atoms with Crippen LogP contribution in [0.1, 0.15) is 79.1 Å². The van der Waals surface area contributed by atoms with E-state index in [-0.39, 0.29) is 23.0 Å². The Morgan fingerprint density at radius 2 is 1.75 bits per heavy atom. The van der Waals surface area contributed by atoms with E-state index in [0.717, 1.165) is 37.0 Å². The molecule has 2 nitrogen and oxygen atoms in total. The molecule has 136 valence electrons. The molecule has 2 N–H and O–H groups in total. The highest BCUT2D eigenvalue weighted by atomic mass is 16.3. The molecule has 0 bridgehead atoms. The normalized spacial score (nSPS) is 55.2. The molecule has 0 aromatic rings. The van der Waals surface area contributed by atoms with Crippen molar-refractivity contribution in [3.63, 3.8) is 0 Å². The van der Waals surface area contributed by atoms with Crippen LogP contribution in [0.2, 0.25) is 0 Å². The summed E-state index contributed by atoms with van der Waals surface area (Å²) >= 11 is 0. The lowest BCUT2D eigenvalue weighted by atomic mass is 9.45. The number of rotatable bonds is 1. The third-order valence-electron chi connectivity index (χ3n) is 9.67. The molecule has 4 rings (SSSR count). The molecular formula is C22H36O2. The van der Waals surface area contributed by atoms with Gasteiger partial charge in [0.2, 0.25) is 0 Å². The van der Waals surface area contributed by atoms with E-state index >= 15 is 0 Å². The number of aliphatic hydroxyl groups excluding tert-OH is 2. The van der Waals surface area contributed by atoms with Gasteiger partial charge < -0.3 is 10.2 Å². The summed E-state index contributed by atoms with van der Waals surface area (Å²) in [6.45, 7) is 9.34. The van der Waals surface area contributed by atoms with Crippen molar-refractivity contribution < 1.29 is 10.2 Å². The Hall–Kier alpha value is -0.340. The minimum absolute atomic E-state index is 0.0797. The standard InChI is InChI=1S/C22H36O2/c1-14(23)21(3)11-9-19-17-6-5-15-13-16(24)7-10-20(15,2)18(17)8-12-22(19,21)4/h5,14,16-19,23-24H,6-13H2,1-4H3/t14?,16?,17?,18?,19?,20-,21+,22-/m0/s1. The summed E-state index contributed by atoms with van der Waals surface area (Å²) in [5.41, 5.74) is 2.25. The molecule has 8 atom stereocenters. The first-order valence-corrected chi connectivity index (χ1v) is 10.3. The first-order valence-electron chi connectivity index (χ1n) is 10.3. The summed E-state index contributed by atoms with van der Waals surface area (Å²) in [7, 11) is 0. The molecule has 4 aliphatic rings. The zero-order valence-corrected chi connectivity index (χ0v) is 16.0. The Bertz CT molecular complexity index is 552. The van der Waals surface area contributed by atoms with E-state index in [2.05, 4.69) is 26.8 Å². The maximum absolute atomic E-state index is 10.5. The fraction of sp³-hybridized carbons (Fsp3) is 0.909. The summed E-state index contributed by atoms with van der Waals surface area (Å²) in [5, 5.41) is 20.7. The van der Waals surface area contributed by atoms with Gasteiger partial charge in [-0.05, 0) is 92.3 Å². The van der Waals surface area contributed by atoms with E-state index in [1.807, 2.05) is 6.92 Å². The molecule has 0 amide bonds. The van der Waals surface area contributed by atoms with Crippen molar-refractivity contribution >= 4 is 0 Å². The second-order valence-corrected chi connectivity index (χ2v) is 10.2. The lowest BCUT2D eigenvalue weighted by molar-refractivity contribution is -0.107.